The molecule has 3 rings (SSSR count). The van der Waals surface area contributed by atoms with Gasteiger partial charge in [0.2, 0.25) is 5.91 Å². The number of carbonyl (C=O) groups excluding carboxylic acids is 1. The van der Waals surface area contributed by atoms with Gasteiger partial charge in [-0.2, -0.15) is 0 Å². The highest BCUT2D eigenvalue weighted by Crippen LogP contribution is 2.32. The predicted octanol–water partition coefficient (Wildman–Crippen LogP) is 1.19. The van der Waals surface area contributed by atoms with Crippen molar-refractivity contribution in [3.8, 4) is 0 Å². The van der Waals surface area contributed by atoms with Crippen LogP contribution < -0.4 is 5.32 Å². The highest BCUT2D eigenvalue weighted by molar-refractivity contribution is 5.77. The standard InChI is InChI=1S/C16H21N5O2/c1-13-18-19-20-21(13)10-7-15(22)17-16(8-11-23-12-9-16)14-5-3-2-4-6-14/h2-6H,7-12H2,1H3,(H,17,22). The lowest BCUT2D eigenvalue weighted by atomic mass is 9.82. The molecule has 1 amide bonds. The maximum Gasteiger partial charge on any atom is 0.222 e. The summed E-state index contributed by atoms with van der Waals surface area (Å²) < 4.78 is 7.12. The van der Waals surface area contributed by atoms with Gasteiger partial charge in [-0.25, -0.2) is 4.68 Å². The molecule has 0 bridgehead atoms. The van der Waals surface area contributed by atoms with Gasteiger partial charge in [-0.3, -0.25) is 4.79 Å². The lowest BCUT2D eigenvalue weighted by Gasteiger charge is -2.38. The fraction of sp³-hybridized carbons (Fsp3) is 0.500. The quantitative estimate of drug-likeness (QED) is 0.896. The first-order valence-corrected chi connectivity index (χ1v) is 7.87. The first kappa shape index (κ1) is 15.6. The molecule has 1 aliphatic rings. The Balaban J connectivity index is 1.69. The van der Waals surface area contributed by atoms with E-state index in [1.165, 1.54) is 0 Å². The minimum atomic E-state index is -0.341. The third kappa shape index (κ3) is 3.56. The third-order valence-electron chi connectivity index (χ3n) is 4.31. The molecule has 23 heavy (non-hydrogen) atoms. The molecule has 0 unspecified atom stereocenters. The summed E-state index contributed by atoms with van der Waals surface area (Å²) in [5.41, 5.74) is 0.793. The van der Waals surface area contributed by atoms with Gasteiger partial charge in [0.15, 0.2) is 0 Å². The van der Waals surface area contributed by atoms with E-state index in [0.29, 0.717) is 32.0 Å². The van der Waals surface area contributed by atoms with E-state index in [-0.39, 0.29) is 11.4 Å². The van der Waals surface area contributed by atoms with Gasteiger partial charge in [-0.05, 0) is 35.8 Å². The summed E-state index contributed by atoms with van der Waals surface area (Å²) in [6, 6.07) is 10.1. The van der Waals surface area contributed by atoms with E-state index >= 15 is 0 Å². The van der Waals surface area contributed by atoms with E-state index in [9.17, 15) is 4.79 Å². The van der Waals surface area contributed by atoms with Crippen LogP contribution in [0.2, 0.25) is 0 Å². The van der Waals surface area contributed by atoms with E-state index in [1.807, 2.05) is 25.1 Å². The fourth-order valence-electron chi connectivity index (χ4n) is 2.96. The molecule has 2 heterocycles. The number of hydrogen-bond acceptors (Lipinski definition) is 5. The van der Waals surface area contributed by atoms with Crippen LogP contribution in [0.1, 0.15) is 30.7 Å². The second kappa shape index (κ2) is 6.87. The Morgan fingerprint density at radius 2 is 2.04 bits per heavy atom. The monoisotopic (exact) mass is 315 g/mol. The minimum Gasteiger partial charge on any atom is -0.381 e. The van der Waals surface area contributed by atoms with Crippen LogP contribution in [0.5, 0.6) is 0 Å². The average Bonchev–Trinajstić information content (AvgIpc) is 3.00. The molecule has 1 saturated heterocycles. The van der Waals surface area contributed by atoms with Gasteiger partial charge in [0.25, 0.3) is 0 Å². The minimum absolute atomic E-state index is 0.00523. The van der Waals surface area contributed by atoms with Crippen molar-refractivity contribution < 1.29 is 9.53 Å². The van der Waals surface area contributed by atoms with Crippen LogP contribution in [-0.2, 0) is 21.6 Å². The molecule has 0 atom stereocenters. The predicted molar refractivity (Wildman–Crippen MR) is 83.5 cm³/mol. The number of hydrogen-bond donors (Lipinski definition) is 1. The zero-order valence-corrected chi connectivity index (χ0v) is 13.2. The van der Waals surface area contributed by atoms with Gasteiger partial charge >= 0.3 is 0 Å². The molecule has 7 nitrogen and oxygen atoms in total. The molecule has 0 radical (unpaired) electrons. The number of nitrogens with one attached hydrogen (secondary N) is 1. The molecule has 1 N–H and O–H groups in total. The Morgan fingerprint density at radius 1 is 1.30 bits per heavy atom. The third-order valence-corrected chi connectivity index (χ3v) is 4.31. The number of ether oxygens (including phenoxy) is 1. The molecule has 1 aromatic heterocycles. The van der Waals surface area contributed by atoms with E-state index in [4.69, 9.17) is 4.74 Å². The maximum absolute atomic E-state index is 12.5. The molecule has 7 heteroatoms. The van der Waals surface area contributed by atoms with Crippen LogP contribution in [-0.4, -0.2) is 39.3 Å². The van der Waals surface area contributed by atoms with Crippen LogP contribution in [0, 0.1) is 6.92 Å². The summed E-state index contributed by atoms with van der Waals surface area (Å²) in [4.78, 5) is 12.5. The van der Waals surface area contributed by atoms with Crippen LogP contribution in [0.25, 0.3) is 0 Å². The van der Waals surface area contributed by atoms with E-state index in [1.54, 1.807) is 4.68 Å². The summed E-state index contributed by atoms with van der Waals surface area (Å²) in [6.07, 6.45) is 1.92. The largest absolute Gasteiger partial charge is 0.381 e. The number of carbonyl (C=O) groups is 1. The zero-order chi connectivity index (χ0) is 16.1. The highest BCUT2D eigenvalue weighted by Gasteiger charge is 2.35. The summed E-state index contributed by atoms with van der Waals surface area (Å²) in [6.45, 7) is 3.61. The van der Waals surface area contributed by atoms with Crippen LogP contribution >= 0.6 is 0 Å². The summed E-state index contributed by atoms with van der Waals surface area (Å²) in [5, 5.41) is 14.5. The highest BCUT2D eigenvalue weighted by atomic mass is 16.5. The van der Waals surface area contributed by atoms with E-state index in [0.717, 1.165) is 18.4 Å². The Morgan fingerprint density at radius 3 is 2.70 bits per heavy atom. The van der Waals surface area contributed by atoms with Crippen molar-refractivity contribution in [2.24, 2.45) is 0 Å². The molecule has 0 spiro atoms. The van der Waals surface area contributed by atoms with Gasteiger partial charge in [0.1, 0.15) is 5.82 Å². The summed E-state index contributed by atoms with van der Waals surface area (Å²) >= 11 is 0. The molecule has 1 fully saturated rings. The lowest BCUT2D eigenvalue weighted by molar-refractivity contribution is -0.124. The normalized spacial score (nSPS) is 16.9. The molecule has 1 aromatic carbocycles. The van der Waals surface area contributed by atoms with E-state index in [2.05, 4.69) is 33.0 Å². The van der Waals surface area contributed by atoms with Crippen LogP contribution in [0.15, 0.2) is 30.3 Å². The first-order chi connectivity index (χ1) is 11.2. The van der Waals surface area contributed by atoms with Gasteiger partial charge in [0.05, 0.1) is 12.1 Å². The number of amides is 1. The van der Waals surface area contributed by atoms with Crippen molar-refractivity contribution in [2.45, 2.75) is 38.3 Å². The van der Waals surface area contributed by atoms with Gasteiger partial charge < -0.3 is 10.1 Å². The Kier molecular flexibility index (Phi) is 4.66. The first-order valence-electron chi connectivity index (χ1n) is 7.87. The number of tetrazole rings is 1. The molecule has 2 aromatic rings. The smallest absolute Gasteiger partial charge is 0.222 e. The summed E-state index contributed by atoms with van der Waals surface area (Å²) in [7, 11) is 0. The number of rotatable bonds is 5. The number of aryl methyl sites for hydroxylation is 2. The molecular formula is C16H21N5O2. The van der Waals surface area contributed by atoms with Gasteiger partial charge in [-0.1, -0.05) is 30.3 Å². The lowest BCUT2D eigenvalue weighted by Crippen LogP contribution is -2.49. The van der Waals surface area contributed by atoms with Crippen LogP contribution in [0.4, 0.5) is 0 Å². The van der Waals surface area contributed by atoms with Crippen molar-refractivity contribution in [2.75, 3.05) is 13.2 Å². The molecule has 1 aliphatic heterocycles. The maximum atomic E-state index is 12.5. The second-order valence-corrected chi connectivity index (χ2v) is 5.81. The zero-order valence-electron chi connectivity index (χ0n) is 13.2. The Bertz CT molecular complexity index is 650. The molecule has 122 valence electrons. The molecule has 0 aliphatic carbocycles. The molecule has 0 saturated carbocycles. The van der Waals surface area contributed by atoms with Gasteiger partial charge in [-0.15, -0.1) is 5.10 Å². The van der Waals surface area contributed by atoms with Crippen LogP contribution in [0.3, 0.4) is 0 Å². The van der Waals surface area contributed by atoms with Crippen molar-refractivity contribution >= 4 is 5.91 Å². The van der Waals surface area contributed by atoms with Crippen molar-refractivity contribution in [1.29, 1.82) is 0 Å². The SMILES string of the molecule is Cc1nnnn1CCC(=O)NC1(c2ccccc2)CCOCC1. The Hall–Kier alpha value is -2.28. The number of benzene rings is 1. The second-order valence-electron chi connectivity index (χ2n) is 5.81. The van der Waals surface area contributed by atoms with Crippen molar-refractivity contribution in [3.63, 3.8) is 0 Å². The van der Waals surface area contributed by atoms with Crippen molar-refractivity contribution in [1.82, 2.24) is 25.5 Å². The topological polar surface area (TPSA) is 81.9 Å². The summed E-state index contributed by atoms with van der Waals surface area (Å²) in [5.74, 6) is 0.715. The average molecular weight is 315 g/mol. The fourth-order valence-corrected chi connectivity index (χ4v) is 2.96. The van der Waals surface area contributed by atoms with Crippen molar-refractivity contribution in [3.05, 3.63) is 41.7 Å². The number of nitrogens with zero attached hydrogens (tertiary/aromatic N) is 4. The molecular weight excluding hydrogens is 294 g/mol. The van der Waals surface area contributed by atoms with E-state index < -0.39 is 0 Å². The Labute approximate surface area is 135 Å². The van der Waals surface area contributed by atoms with Gasteiger partial charge in [0, 0.05) is 19.6 Å². The number of aromatic nitrogens is 4.